The summed E-state index contributed by atoms with van der Waals surface area (Å²) in [7, 11) is 0. The fourth-order valence-corrected chi connectivity index (χ4v) is 2.97. The first-order valence-corrected chi connectivity index (χ1v) is 6.94. The second-order valence-corrected chi connectivity index (χ2v) is 6.08. The van der Waals surface area contributed by atoms with Crippen molar-refractivity contribution in [3.63, 3.8) is 0 Å². The van der Waals surface area contributed by atoms with Crippen LogP contribution in [-0.2, 0) is 6.18 Å². The third-order valence-electron chi connectivity index (χ3n) is 3.30. The van der Waals surface area contributed by atoms with Crippen LogP contribution in [0, 0.1) is 5.92 Å². The van der Waals surface area contributed by atoms with Crippen LogP contribution in [0.15, 0.2) is 22.7 Å². The predicted octanol–water partition coefficient (Wildman–Crippen LogP) is 3.64. The minimum atomic E-state index is -4.36. The number of nitrogens with two attached hydrogens (primary N) is 1. The molecular weight excluding hydrogens is 321 g/mol. The van der Waals surface area contributed by atoms with Crippen molar-refractivity contribution in [3.8, 4) is 0 Å². The van der Waals surface area contributed by atoms with E-state index in [1.54, 1.807) is 11.0 Å². The maximum absolute atomic E-state index is 13.1. The number of hydrogen-bond acceptors (Lipinski definition) is 2. The molecule has 0 spiro atoms. The van der Waals surface area contributed by atoms with Gasteiger partial charge in [-0.3, -0.25) is 0 Å². The number of benzene rings is 1. The molecular formula is C13H16BrF3N2. The van der Waals surface area contributed by atoms with E-state index < -0.39 is 11.7 Å². The van der Waals surface area contributed by atoms with Gasteiger partial charge in [-0.1, -0.05) is 22.9 Å². The van der Waals surface area contributed by atoms with Gasteiger partial charge in [0.15, 0.2) is 0 Å². The molecule has 0 radical (unpaired) electrons. The topological polar surface area (TPSA) is 29.3 Å². The summed E-state index contributed by atoms with van der Waals surface area (Å²) in [5.74, 6) is 0.300. The summed E-state index contributed by atoms with van der Waals surface area (Å²) in [6.07, 6.45) is -3.50. The summed E-state index contributed by atoms with van der Waals surface area (Å²) in [4.78, 5) is 1.74. The molecule has 1 aromatic rings. The molecule has 0 aliphatic carbocycles. The molecule has 0 aromatic heterocycles. The molecule has 106 valence electrons. The number of rotatable bonds is 1. The first-order valence-electron chi connectivity index (χ1n) is 6.14. The lowest BCUT2D eigenvalue weighted by molar-refractivity contribution is -0.137. The zero-order valence-corrected chi connectivity index (χ0v) is 12.1. The molecule has 1 fully saturated rings. The monoisotopic (exact) mass is 336 g/mol. The van der Waals surface area contributed by atoms with Crippen LogP contribution in [-0.4, -0.2) is 19.1 Å². The van der Waals surface area contributed by atoms with Gasteiger partial charge in [0.1, 0.15) is 0 Å². The lowest BCUT2D eigenvalue weighted by Crippen LogP contribution is -2.47. The Hall–Kier alpha value is -0.750. The zero-order chi connectivity index (χ0) is 14.2. The number of hydrogen-bond donors (Lipinski definition) is 1. The molecule has 1 aromatic carbocycles. The third kappa shape index (κ3) is 3.42. The van der Waals surface area contributed by atoms with Gasteiger partial charge in [-0.25, -0.2) is 0 Å². The van der Waals surface area contributed by atoms with Gasteiger partial charge < -0.3 is 10.6 Å². The summed E-state index contributed by atoms with van der Waals surface area (Å²) in [5, 5.41) is 0. The highest BCUT2D eigenvalue weighted by Gasteiger charge is 2.36. The SMILES string of the molecule is CC1CC(N)CN(c2ccc(Br)cc2C(F)(F)F)C1. The molecule has 19 heavy (non-hydrogen) atoms. The van der Waals surface area contributed by atoms with E-state index in [1.807, 2.05) is 6.92 Å². The fourth-order valence-electron chi connectivity index (χ4n) is 2.61. The number of nitrogens with zero attached hydrogens (tertiary/aromatic N) is 1. The Kier molecular flexibility index (Phi) is 4.11. The van der Waals surface area contributed by atoms with Gasteiger partial charge in [0, 0.05) is 29.3 Å². The minimum absolute atomic E-state index is 0.0755. The smallest absolute Gasteiger partial charge is 0.369 e. The molecule has 1 saturated heterocycles. The van der Waals surface area contributed by atoms with Crippen molar-refractivity contribution >= 4 is 21.6 Å². The molecule has 2 N–H and O–H groups in total. The Labute approximate surface area is 118 Å². The van der Waals surface area contributed by atoms with E-state index in [1.165, 1.54) is 6.07 Å². The molecule has 2 rings (SSSR count). The van der Waals surface area contributed by atoms with Crippen LogP contribution < -0.4 is 10.6 Å². The van der Waals surface area contributed by atoms with Crippen LogP contribution in [0.4, 0.5) is 18.9 Å². The summed E-state index contributed by atoms with van der Waals surface area (Å²) in [6, 6.07) is 4.20. The van der Waals surface area contributed by atoms with Gasteiger partial charge in [-0.15, -0.1) is 0 Å². The number of alkyl halides is 3. The average molecular weight is 337 g/mol. The Morgan fingerprint density at radius 1 is 1.32 bits per heavy atom. The highest BCUT2D eigenvalue weighted by atomic mass is 79.9. The Balaban J connectivity index is 2.39. The van der Waals surface area contributed by atoms with Crippen molar-refractivity contribution in [2.75, 3.05) is 18.0 Å². The van der Waals surface area contributed by atoms with Crippen LogP contribution in [0.5, 0.6) is 0 Å². The Bertz CT molecular complexity index is 452. The Morgan fingerprint density at radius 2 is 2.00 bits per heavy atom. The van der Waals surface area contributed by atoms with E-state index in [0.29, 0.717) is 23.5 Å². The van der Waals surface area contributed by atoms with Crippen LogP contribution in [0.2, 0.25) is 0 Å². The molecule has 2 atom stereocenters. The Morgan fingerprint density at radius 3 is 2.58 bits per heavy atom. The summed E-state index contributed by atoms with van der Waals surface area (Å²) < 4.78 is 39.7. The van der Waals surface area contributed by atoms with E-state index in [-0.39, 0.29) is 11.7 Å². The molecule has 2 unspecified atom stereocenters. The highest BCUT2D eigenvalue weighted by molar-refractivity contribution is 9.10. The largest absolute Gasteiger partial charge is 0.418 e. The van der Waals surface area contributed by atoms with E-state index in [4.69, 9.17) is 5.73 Å². The van der Waals surface area contributed by atoms with Crippen molar-refractivity contribution in [1.29, 1.82) is 0 Å². The second kappa shape index (κ2) is 5.32. The van der Waals surface area contributed by atoms with Gasteiger partial charge in [0.2, 0.25) is 0 Å². The molecule has 0 bridgehead atoms. The van der Waals surface area contributed by atoms with Gasteiger partial charge in [-0.05, 0) is 30.5 Å². The number of piperidine rings is 1. The van der Waals surface area contributed by atoms with Gasteiger partial charge in [0.05, 0.1) is 5.56 Å². The van der Waals surface area contributed by atoms with Gasteiger partial charge >= 0.3 is 6.18 Å². The summed E-state index contributed by atoms with van der Waals surface area (Å²) in [6.45, 7) is 3.09. The van der Waals surface area contributed by atoms with Crippen molar-refractivity contribution in [3.05, 3.63) is 28.2 Å². The first kappa shape index (κ1) is 14.7. The summed E-state index contributed by atoms with van der Waals surface area (Å²) in [5.41, 5.74) is 5.52. The van der Waals surface area contributed by atoms with Crippen LogP contribution in [0.25, 0.3) is 0 Å². The normalized spacial score (nSPS) is 24.6. The van der Waals surface area contributed by atoms with Crippen molar-refractivity contribution in [2.45, 2.75) is 25.6 Å². The van der Waals surface area contributed by atoms with Gasteiger partial charge in [0.25, 0.3) is 0 Å². The molecule has 0 saturated carbocycles. The zero-order valence-electron chi connectivity index (χ0n) is 10.5. The molecule has 1 aliphatic heterocycles. The molecule has 1 heterocycles. The van der Waals surface area contributed by atoms with E-state index in [2.05, 4.69) is 15.9 Å². The van der Waals surface area contributed by atoms with Crippen LogP contribution in [0.1, 0.15) is 18.9 Å². The molecule has 0 amide bonds. The van der Waals surface area contributed by atoms with E-state index in [9.17, 15) is 13.2 Å². The van der Waals surface area contributed by atoms with Crippen molar-refractivity contribution in [1.82, 2.24) is 0 Å². The standard InChI is InChI=1S/C13H16BrF3N2/c1-8-4-10(18)7-19(6-8)12-3-2-9(14)5-11(12)13(15,16)17/h2-3,5,8,10H,4,6-7,18H2,1H3. The van der Waals surface area contributed by atoms with Crippen molar-refractivity contribution < 1.29 is 13.2 Å². The quantitative estimate of drug-likeness (QED) is 0.848. The molecule has 6 heteroatoms. The van der Waals surface area contributed by atoms with E-state index in [0.717, 1.165) is 12.5 Å². The summed E-state index contributed by atoms with van der Waals surface area (Å²) >= 11 is 3.09. The minimum Gasteiger partial charge on any atom is -0.369 e. The third-order valence-corrected chi connectivity index (χ3v) is 3.79. The number of anilines is 1. The lowest BCUT2D eigenvalue weighted by atomic mass is 9.95. The maximum Gasteiger partial charge on any atom is 0.418 e. The highest BCUT2D eigenvalue weighted by Crippen LogP contribution is 2.39. The van der Waals surface area contributed by atoms with Crippen molar-refractivity contribution in [2.24, 2.45) is 11.7 Å². The van der Waals surface area contributed by atoms with Gasteiger partial charge in [-0.2, -0.15) is 13.2 Å². The second-order valence-electron chi connectivity index (χ2n) is 5.17. The molecule has 2 nitrogen and oxygen atoms in total. The predicted molar refractivity (Wildman–Crippen MR) is 73.1 cm³/mol. The molecule has 1 aliphatic rings. The van der Waals surface area contributed by atoms with Crippen LogP contribution in [0.3, 0.4) is 0 Å². The number of halogens is 4. The fraction of sp³-hybridized carbons (Fsp3) is 0.538. The average Bonchev–Trinajstić information content (AvgIpc) is 2.26. The van der Waals surface area contributed by atoms with Crippen LogP contribution >= 0.6 is 15.9 Å². The lowest BCUT2D eigenvalue weighted by Gasteiger charge is -2.37. The van der Waals surface area contributed by atoms with E-state index >= 15 is 0 Å². The maximum atomic E-state index is 13.1. The first-order chi connectivity index (χ1) is 8.77.